The summed E-state index contributed by atoms with van der Waals surface area (Å²) in [5, 5.41) is 7.12. The van der Waals surface area contributed by atoms with Gasteiger partial charge in [0.2, 0.25) is 0 Å². The lowest BCUT2D eigenvalue weighted by molar-refractivity contribution is -0.192. The van der Waals surface area contributed by atoms with Crippen molar-refractivity contribution in [3.05, 3.63) is 42.4 Å². The fourth-order valence-electron chi connectivity index (χ4n) is 3.70. The Kier molecular flexibility index (Phi) is 6.80. The number of carbonyl (C=O) groups is 2. The molecule has 1 atom stereocenters. The number of alkyl halides is 3. The zero-order valence-electron chi connectivity index (χ0n) is 16.2. The highest BCUT2D eigenvalue weighted by molar-refractivity contribution is 5.91. The van der Waals surface area contributed by atoms with E-state index in [4.69, 9.17) is 14.3 Å². The maximum atomic E-state index is 12.7. The van der Waals surface area contributed by atoms with Gasteiger partial charge in [0.1, 0.15) is 5.82 Å². The molecule has 164 valence electrons. The van der Waals surface area contributed by atoms with Crippen molar-refractivity contribution in [1.82, 2.24) is 19.4 Å². The van der Waals surface area contributed by atoms with Gasteiger partial charge in [-0.3, -0.25) is 4.79 Å². The number of hydrogen-bond acceptors (Lipinski definition) is 5. The van der Waals surface area contributed by atoms with E-state index in [9.17, 15) is 18.0 Å². The van der Waals surface area contributed by atoms with Crippen LogP contribution in [0.15, 0.2) is 35.2 Å². The first-order valence-electron chi connectivity index (χ1n) is 9.59. The van der Waals surface area contributed by atoms with E-state index in [1.807, 2.05) is 17.3 Å². The first-order valence-corrected chi connectivity index (χ1v) is 9.59. The Labute approximate surface area is 170 Å². The summed E-state index contributed by atoms with van der Waals surface area (Å²) in [5.74, 6) is -1.02. The molecule has 4 heterocycles. The number of fused-ring (bicyclic) bond motifs is 1. The van der Waals surface area contributed by atoms with Gasteiger partial charge >= 0.3 is 12.1 Å². The number of aromatic nitrogens is 2. The molecule has 1 amide bonds. The van der Waals surface area contributed by atoms with E-state index in [2.05, 4.69) is 14.5 Å². The van der Waals surface area contributed by atoms with Crippen LogP contribution < -0.4 is 0 Å². The van der Waals surface area contributed by atoms with Gasteiger partial charge < -0.3 is 23.9 Å². The lowest BCUT2D eigenvalue weighted by Crippen LogP contribution is -2.38. The Morgan fingerprint density at radius 1 is 1.23 bits per heavy atom. The normalized spacial score (nSPS) is 19.6. The summed E-state index contributed by atoms with van der Waals surface area (Å²) in [4.78, 5) is 30.4. The highest BCUT2D eigenvalue weighted by atomic mass is 19.4. The van der Waals surface area contributed by atoms with Gasteiger partial charge in [0.25, 0.3) is 5.91 Å². The van der Waals surface area contributed by atoms with Gasteiger partial charge in [-0.05, 0) is 38.1 Å². The van der Waals surface area contributed by atoms with Crippen molar-refractivity contribution < 1.29 is 32.3 Å². The number of imidazole rings is 1. The second kappa shape index (κ2) is 9.33. The molecule has 2 aromatic heterocycles. The summed E-state index contributed by atoms with van der Waals surface area (Å²) in [5.41, 5.74) is 0. The fraction of sp³-hybridized carbons (Fsp3) is 0.526. The molecule has 0 aliphatic carbocycles. The van der Waals surface area contributed by atoms with Crippen LogP contribution in [-0.2, 0) is 17.9 Å². The third-order valence-electron chi connectivity index (χ3n) is 5.04. The summed E-state index contributed by atoms with van der Waals surface area (Å²) in [6.07, 6.45) is 2.89. The molecule has 2 aliphatic rings. The van der Waals surface area contributed by atoms with E-state index >= 15 is 0 Å². The van der Waals surface area contributed by atoms with E-state index in [1.54, 1.807) is 18.4 Å². The molecular weight excluding hydrogens is 405 g/mol. The first-order chi connectivity index (χ1) is 14.2. The predicted octanol–water partition coefficient (Wildman–Crippen LogP) is 2.48. The average Bonchev–Trinajstić information content (AvgIpc) is 3.43. The zero-order chi connectivity index (χ0) is 21.7. The van der Waals surface area contributed by atoms with Gasteiger partial charge in [0, 0.05) is 37.9 Å². The van der Waals surface area contributed by atoms with Gasteiger partial charge in [-0.25, -0.2) is 9.78 Å². The van der Waals surface area contributed by atoms with Crippen LogP contribution in [0.1, 0.15) is 29.2 Å². The van der Waals surface area contributed by atoms with Crippen molar-refractivity contribution in [2.24, 2.45) is 5.92 Å². The van der Waals surface area contributed by atoms with E-state index in [0.29, 0.717) is 18.2 Å². The average molecular weight is 428 g/mol. The largest absolute Gasteiger partial charge is 0.490 e. The highest BCUT2D eigenvalue weighted by Gasteiger charge is 2.38. The van der Waals surface area contributed by atoms with Gasteiger partial charge in [-0.1, -0.05) is 0 Å². The Balaban J connectivity index is 0.000000318. The third-order valence-corrected chi connectivity index (χ3v) is 5.04. The van der Waals surface area contributed by atoms with Gasteiger partial charge in [-0.15, -0.1) is 0 Å². The van der Waals surface area contributed by atoms with Crippen molar-refractivity contribution in [1.29, 1.82) is 0 Å². The number of nitrogens with zero attached hydrogens (tertiary/aromatic N) is 4. The second-order valence-electron chi connectivity index (χ2n) is 7.34. The van der Waals surface area contributed by atoms with Crippen molar-refractivity contribution in [2.75, 3.05) is 26.2 Å². The van der Waals surface area contributed by atoms with Crippen LogP contribution in [0.4, 0.5) is 13.2 Å². The van der Waals surface area contributed by atoms with Crippen LogP contribution in [0.3, 0.4) is 0 Å². The second-order valence-corrected chi connectivity index (χ2v) is 7.34. The molecule has 1 N–H and O–H groups in total. The first kappa shape index (κ1) is 21.9. The van der Waals surface area contributed by atoms with Crippen LogP contribution in [0, 0.1) is 5.92 Å². The lowest BCUT2D eigenvalue weighted by Gasteiger charge is -2.26. The highest BCUT2D eigenvalue weighted by Crippen LogP contribution is 2.20. The monoisotopic (exact) mass is 428 g/mol. The number of carboxylic acids is 1. The van der Waals surface area contributed by atoms with E-state index in [1.165, 1.54) is 25.9 Å². The van der Waals surface area contributed by atoms with Gasteiger partial charge in [0.15, 0.2) is 5.76 Å². The Morgan fingerprint density at radius 3 is 2.53 bits per heavy atom. The van der Waals surface area contributed by atoms with Crippen LogP contribution in [0.2, 0.25) is 0 Å². The number of amides is 1. The zero-order valence-corrected chi connectivity index (χ0v) is 16.2. The summed E-state index contributed by atoms with van der Waals surface area (Å²) >= 11 is 0. The number of furan rings is 1. The molecule has 1 unspecified atom stereocenters. The minimum atomic E-state index is -5.08. The fourth-order valence-corrected chi connectivity index (χ4v) is 3.70. The standard InChI is InChI=1S/C17H22N4O2.C2HF3O2/c22-17(15-4-3-9-23-15)21-12-14(10-19-6-1-2-7-19)11-20-8-5-18-16(20)13-21;3-2(4,5)1(6)7/h3-5,8-9,14H,1-2,6-7,10-13H2;(H,6,7). The molecule has 2 aliphatic heterocycles. The Hall–Kier alpha value is -2.82. The van der Waals surface area contributed by atoms with E-state index in [-0.39, 0.29) is 5.91 Å². The number of halogens is 3. The third kappa shape index (κ3) is 5.62. The number of likely N-dealkylation sites (tertiary alicyclic amines) is 1. The van der Waals surface area contributed by atoms with Crippen molar-refractivity contribution in [3.8, 4) is 0 Å². The molecule has 1 saturated heterocycles. The Morgan fingerprint density at radius 2 is 1.93 bits per heavy atom. The predicted molar refractivity (Wildman–Crippen MR) is 98.5 cm³/mol. The molecule has 0 spiro atoms. The van der Waals surface area contributed by atoms with E-state index < -0.39 is 12.1 Å². The lowest BCUT2D eigenvalue weighted by atomic mass is 10.1. The van der Waals surface area contributed by atoms with Gasteiger partial charge in [0.05, 0.1) is 12.8 Å². The topological polar surface area (TPSA) is 91.8 Å². The molecule has 1 fully saturated rings. The van der Waals surface area contributed by atoms with Crippen molar-refractivity contribution in [3.63, 3.8) is 0 Å². The molecule has 30 heavy (non-hydrogen) atoms. The number of aliphatic carboxylic acids is 1. The minimum absolute atomic E-state index is 0.0436. The molecule has 2 aromatic rings. The Bertz CT molecular complexity index is 844. The maximum Gasteiger partial charge on any atom is 0.490 e. The number of carboxylic acid groups (broad SMARTS) is 1. The van der Waals surface area contributed by atoms with Crippen LogP contribution in [0.25, 0.3) is 0 Å². The molecular formula is C19H23F3N4O4. The van der Waals surface area contributed by atoms with Crippen LogP contribution >= 0.6 is 0 Å². The SMILES string of the molecule is O=C(O)C(F)(F)F.O=C(c1ccco1)N1Cc2nccn2CC(CN2CCCC2)C1. The quantitative estimate of drug-likeness (QED) is 0.808. The molecule has 11 heteroatoms. The molecule has 8 nitrogen and oxygen atoms in total. The number of hydrogen-bond donors (Lipinski definition) is 1. The van der Waals surface area contributed by atoms with Crippen molar-refractivity contribution >= 4 is 11.9 Å². The van der Waals surface area contributed by atoms with Crippen LogP contribution in [0.5, 0.6) is 0 Å². The number of rotatable bonds is 3. The molecule has 0 saturated carbocycles. The smallest absolute Gasteiger partial charge is 0.475 e. The minimum Gasteiger partial charge on any atom is -0.475 e. The summed E-state index contributed by atoms with van der Waals surface area (Å²) in [7, 11) is 0. The molecule has 0 aromatic carbocycles. The number of carbonyl (C=O) groups excluding carboxylic acids is 1. The summed E-state index contributed by atoms with van der Waals surface area (Å²) in [6.45, 7) is 5.62. The molecule has 0 bridgehead atoms. The van der Waals surface area contributed by atoms with Gasteiger partial charge in [-0.2, -0.15) is 13.2 Å². The maximum absolute atomic E-state index is 12.7. The summed E-state index contributed by atoms with van der Waals surface area (Å²) in [6, 6.07) is 3.49. The summed E-state index contributed by atoms with van der Waals surface area (Å²) < 4.78 is 39.2. The molecule has 0 radical (unpaired) electrons. The van der Waals surface area contributed by atoms with E-state index in [0.717, 1.165) is 25.5 Å². The molecule has 4 rings (SSSR count). The van der Waals surface area contributed by atoms with Crippen molar-refractivity contribution in [2.45, 2.75) is 32.1 Å². The van der Waals surface area contributed by atoms with Crippen LogP contribution in [-0.4, -0.2) is 68.7 Å².